The molecule has 21 heavy (non-hydrogen) atoms. The molecule has 0 radical (unpaired) electrons. The summed E-state index contributed by atoms with van der Waals surface area (Å²) < 4.78 is 0. The van der Waals surface area contributed by atoms with Crippen LogP contribution in [-0.4, -0.2) is 23.0 Å². The van der Waals surface area contributed by atoms with Gasteiger partial charge >= 0.3 is 6.03 Å². The van der Waals surface area contributed by atoms with E-state index in [9.17, 15) is 4.79 Å². The van der Waals surface area contributed by atoms with Crippen LogP contribution in [0.15, 0.2) is 54.7 Å². The number of anilines is 1. The van der Waals surface area contributed by atoms with Crippen molar-refractivity contribution in [2.75, 3.05) is 12.4 Å². The van der Waals surface area contributed by atoms with Gasteiger partial charge in [0.25, 0.3) is 0 Å². The summed E-state index contributed by atoms with van der Waals surface area (Å²) in [6.07, 6.45) is 1.74. The maximum absolute atomic E-state index is 11.4. The first-order chi connectivity index (χ1) is 10.3. The normalized spacial score (nSPS) is 10.3. The van der Waals surface area contributed by atoms with Crippen LogP contribution in [0.3, 0.4) is 0 Å². The maximum atomic E-state index is 11.4. The summed E-state index contributed by atoms with van der Waals surface area (Å²) in [7, 11) is 1.58. The van der Waals surface area contributed by atoms with E-state index in [-0.39, 0.29) is 6.03 Å². The Balaban J connectivity index is 1.98. The fourth-order valence-corrected chi connectivity index (χ4v) is 2.05. The van der Waals surface area contributed by atoms with Gasteiger partial charge in [-0.25, -0.2) is 9.78 Å². The molecule has 1 heterocycles. The zero-order valence-electron chi connectivity index (χ0n) is 11.5. The molecule has 0 bridgehead atoms. The minimum absolute atomic E-state index is 0.253. The lowest BCUT2D eigenvalue weighted by Crippen LogP contribution is -2.24. The van der Waals surface area contributed by atoms with Crippen molar-refractivity contribution in [3.63, 3.8) is 0 Å². The number of urea groups is 1. The molecule has 0 aliphatic heterocycles. The van der Waals surface area contributed by atoms with Crippen LogP contribution in [-0.2, 0) is 0 Å². The number of benzene rings is 2. The summed E-state index contributed by atoms with van der Waals surface area (Å²) in [5.74, 6) is 0. The van der Waals surface area contributed by atoms with E-state index in [4.69, 9.17) is 0 Å². The molecule has 0 saturated heterocycles. The van der Waals surface area contributed by atoms with E-state index < -0.39 is 0 Å². The third kappa shape index (κ3) is 2.81. The van der Waals surface area contributed by atoms with Gasteiger partial charge < -0.3 is 10.6 Å². The molecule has 0 aliphatic carbocycles. The Morgan fingerprint density at radius 1 is 1.05 bits per heavy atom. The van der Waals surface area contributed by atoms with Crippen LogP contribution in [0, 0.1) is 0 Å². The van der Waals surface area contributed by atoms with E-state index >= 15 is 0 Å². The number of nitrogens with one attached hydrogen (secondary N) is 2. The highest BCUT2D eigenvalue weighted by Gasteiger charge is 2.04. The SMILES string of the molecule is CNC(=O)Nc1cccc(-c2cnc3ccccc3n2)c1. The number of rotatable bonds is 2. The molecule has 0 fully saturated rings. The lowest BCUT2D eigenvalue weighted by molar-refractivity contribution is 0.254. The third-order valence-corrected chi connectivity index (χ3v) is 3.09. The summed E-state index contributed by atoms with van der Waals surface area (Å²) in [4.78, 5) is 20.4. The van der Waals surface area contributed by atoms with E-state index in [1.165, 1.54) is 0 Å². The van der Waals surface area contributed by atoms with Gasteiger partial charge in [-0.3, -0.25) is 4.98 Å². The molecule has 5 heteroatoms. The summed E-state index contributed by atoms with van der Waals surface area (Å²) in [5.41, 5.74) is 4.10. The average Bonchev–Trinajstić information content (AvgIpc) is 2.54. The number of aromatic nitrogens is 2. The molecule has 2 amide bonds. The molecule has 0 spiro atoms. The molecule has 0 saturated carbocycles. The van der Waals surface area contributed by atoms with Crippen LogP contribution in [0.2, 0.25) is 0 Å². The van der Waals surface area contributed by atoms with Crippen LogP contribution < -0.4 is 10.6 Å². The number of carbonyl (C=O) groups excluding carboxylic acids is 1. The number of amides is 2. The largest absolute Gasteiger partial charge is 0.341 e. The molecular formula is C16H14N4O. The molecule has 0 unspecified atom stereocenters. The number of hydrogen-bond donors (Lipinski definition) is 2. The average molecular weight is 278 g/mol. The molecule has 2 N–H and O–H groups in total. The van der Waals surface area contributed by atoms with Crippen molar-refractivity contribution in [1.82, 2.24) is 15.3 Å². The molecular weight excluding hydrogens is 264 g/mol. The zero-order valence-corrected chi connectivity index (χ0v) is 11.5. The van der Waals surface area contributed by atoms with E-state index in [2.05, 4.69) is 20.6 Å². The van der Waals surface area contributed by atoms with Crippen LogP contribution >= 0.6 is 0 Å². The van der Waals surface area contributed by atoms with Gasteiger partial charge in [-0.1, -0.05) is 24.3 Å². The van der Waals surface area contributed by atoms with Gasteiger partial charge in [-0.15, -0.1) is 0 Å². The lowest BCUT2D eigenvalue weighted by Gasteiger charge is -2.07. The Hall–Kier alpha value is -2.95. The number of fused-ring (bicyclic) bond motifs is 1. The molecule has 1 aromatic heterocycles. The summed E-state index contributed by atoms with van der Waals surface area (Å²) in [6, 6.07) is 15.0. The molecule has 0 atom stereocenters. The first-order valence-electron chi connectivity index (χ1n) is 6.57. The van der Waals surface area contributed by atoms with E-state index in [1.54, 1.807) is 13.2 Å². The monoisotopic (exact) mass is 278 g/mol. The van der Waals surface area contributed by atoms with Crippen molar-refractivity contribution >= 4 is 22.8 Å². The molecule has 2 aromatic carbocycles. The Labute approximate surface area is 122 Å². The molecule has 3 aromatic rings. The highest BCUT2D eigenvalue weighted by atomic mass is 16.2. The summed E-state index contributed by atoms with van der Waals surface area (Å²) in [6.45, 7) is 0. The van der Waals surface area contributed by atoms with Gasteiger partial charge in [0.05, 0.1) is 22.9 Å². The lowest BCUT2D eigenvalue weighted by atomic mass is 10.1. The smallest absolute Gasteiger partial charge is 0.318 e. The number of hydrogen-bond acceptors (Lipinski definition) is 3. The van der Waals surface area contributed by atoms with Crippen LogP contribution in [0.4, 0.5) is 10.5 Å². The first-order valence-corrected chi connectivity index (χ1v) is 6.57. The Morgan fingerprint density at radius 3 is 2.67 bits per heavy atom. The van der Waals surface area contributed by atoms with Crippen LogP contribution in [0.1, 0.15) is 0 Å². The van der Waals surface area contributed by atoms with Gasteiger partial charge in [-0.2, -0.15) is 0 Å². The van der Waals surface area contributed by atoms with Crippen molar-refractivity contribution in [1.29, 1.82) is 0 Å². The minimum atomic E-state index is -0.253. The van der Waals surface area contributed by atoms with Gasteiger partial charge in [0, 0.05) is 18.3 Å². The molecule has 3 rings (SSSR count). The standard InChI is InChI=1S/C16H14N4O/c1-17-16(21)19-12-6-4-5-11(9-12)15-10-18-13-7-2-3-8-14(13)20-15/h2-10H,1H3,(H2,17,19,21). The zero-order chi connectivity index (χ0) is 14.7. The highest BCUT2D eigenvalue weighted by molar-refractivity contribution is 5.89. The fraction of sp³-hybridized carbons (Fsp3) is 0.0625. The van der Waals surface area contributed by atoms with E-state index in [0.29, 0.717) is 5.69 Å². The van der Waals surface area contributed by atoms with Gasteiger partial charge in [0.2, 0.25) is 0 Å². The summed E-state index contributed by atoms with van der Waals surface area (Å²) >= 11 is 0. The minimum Gasteiger partial charge on any atom is -0.341 e. The van der Waals surface area contributed by atoms with Crippen molar-refractivity contribution in [2.24, 2.45) is 0 Å². The highest BCUT2D eigenvalue weighted by Crippen LogP contribution is 2.22. The quantitative estimate of drug-likeness (QED) is 0.757. The van der Waals surface area contributed by atoms with Crippen molar-refractivity contribution in [3.05, 3.63) is 54.7 Å². The summed E-state index contributed by atoms with van der Waals surface area (Å²) in [5, 5.41) is 5.26. The Bertz CT molecular complexity index is 801. The van der Waals surface area contributed by atoms with Crippen LogP contribution in [0.25, 0.3) is 22.3 Å². The van der Waals surface area contributed by atoms with Crippen molar-refractivity contribution in [2.45, 2.75) is 0 Å². The number of para-hydroxylation sites is 2. The van der Waals surface area contributed by atoms with Crippen molar-refractivity contribution < 1.29 is 4.79 Å². The fourth-order valence-electron chi connectivity index (χ4n) is 2.05. The topological polar surface area (TPSA) is 66.9 Å². The third-order valence-electron chi connectivity index (χ3n) is 3.09. The molecule has 104 valence electrons. The second-order valence-electron chi connectivity index (χ2n) is 4.53. The van der Waals surface area contributed by atoms with Gasteiger partial charge in [0.15, 0.2) is 0 Å². The number of carbonyl (C=O) groups is 1. The van der Waals surface area contributed by atoms with Crippen LogP contribution in [0.5, 0.6) is 0 Å². The van der Waals surface area contributed by atoms with E-state index in [1.807, 2.05) is 48.5 Å². The number of nitrogens with zero attached hydrogens (tertiary/aromatic N) is 2. The van der Waals surface area contributed by atoms with E-state index in [0.717, 1.165) is 22.3 Å². The van der Waals surface area contributed by atoms with Gasteiger partial charge in [-0.05, 0) is 24.3 Å². The first kappa shape index (κ1) is 13.1. The Morgan fingerprint density at radius 2 is 1.86 bits per heavy atom. The molecule has 0 aliphatic rings. The second-order valence-corrected chi connectivity index (χ2v) is 4.53. The predicted octanol–water partition coefficient (Wildman–Crippen LogP) is 3.05. The molecule has 5 nitrogen and oxygen atoms in total. The van der Waals surface area contributed by atoms with Gasteiger partial charge in [0.1, 0.15) is 0 Å². The van der Waals surface area contributed by atoms with Crippen molar-refractivity contribution in [3.8, 4) is 11.3 Å². The Kier molecular flexibility index (Phi) is 3.47. The predicted molar refractivity (Wildman–Crippen MR) is 83.1 cm³/mol. The maximum Gasteiger partial charge on any atom is 0.318 e. The second kappa shape index (κ2) is 5.58.